The van der Waals surface area contributed by atoms with Gasteiger partial charge >= 0.3 is 6.09 Å². The van der Waals surface area contributed by atoms with Gasteiger partial charge in [-0.3, -0.25) is 10.1 Å². The number of anilines is 3. The monoisotopic (exact) mass is 560 g/mol. The molecule has 2 heterocycles. The predicted molar refractivity (Wildman–Crippen MR) is 149 cm³/mol. The van der Waals surface area contributed by atoms with Crippen LogP contribution in [0.3, 0.4) is 0 Å². The number of nitriles is 1. The van der Waals surface area contributed by atoms with Gasteiger partial charge < -0.3 is 35.1 Å². The minimum absolute atomic E-state index is 0.0466. The lowest BCUT2D eigenvalue weighted by atomic mass is 10.1. The van der Waals surface area contributed by atoms with Crippen molar-refractivity contribution in [2.75, 3.05) is 30.9 Å². The summed E-state index contributed by atoms with van der Waals surface area (Å²) in [6.45, 7) is 3.00. The summed E-state index contributed by atoms with van der Waals surface area (Å²) >= 11 is 0. The lowest BCUT2D eigenvalue weighted by Gasteiger charge is -2.28. The van der Waals surface area contributed by atoms with Gasteiger partial charge in [0.25, 0.3) is 11.7 Å². The van der Waals surface area contributed by atoms with Gasteiger partial charge in [-0.1, -0.05) is 12.1 Å². The Morgan fingerprint density at radius 2 is 1.85 bits per heavy atom. The van der Waals surface area contributed by atoms with E-state index in [1.807, 2.05) is 0 Å². The van der Waals surface area contributed by atoms with Crippen LogP contribution in [-0.4, -0.2) is 57.9 Å². The van der Waals surface area contributed by atoms with Gasteiger partial charge in [0.2, 0.25) is 0 Å². The summed E-state index contributed by atoms with van der Waals surface area (Å²) in [6, 6.07) is 15.8. The Labute approximate surface area is 234 Å². The number of aliphatic hydroxyl groups is 1. The van der Waals surface area contributed by atoms with Gasteiger partial charge in [-0.2, -0.15) is 10.4 Å². The Morgan fingerprint density at radius 3 is 2.49 bits per heavy atom. The zero-order chi connectivity index (χ0) is 29.6. The molecule has 0 radical (unpaired) electrons. The number of hydrogen-bond donors (Lipinski definition) is 5. The Bertz CT molecular complexity index is 1610. The Balaban J connectivity index is 1.56. The number of nitrogens with one attached hydrogen (secondary N) is 3. The number of carboxylic acid groups (broad SMARTS) is 1. The number of aromatic nitrogens is 2. The highest BCUT2D eigenvalue weighted by Crippen LogP contribution is 2.36. The summed E-state index contributed by atoms with van der Waals surface area (Å²) in [7, 11) is 1.33. The Hall–Kier alpha value is -5.32. The second-order valence-electron chi connectivity index (χ2n) is 8.87. The van der Waals surface area contributed by atoms with E-state index in [9.17, 15) is 14.9 Å². The van der Waals surface area contributed by atoms with Crippen LogP contribution < -0.4 is 25.4 Å². The van der Waals surface area contributed by atoms with Crippen molar-refractivity contribution < 1.29 is 34.0 Å². The molecule has 0 spiro atoms. The van der Waals surface area contributed by atoms with Crippen molar-refractivity contribution in [1.29, 1.82) is 5.26 Å². The third kappa shape index (κ3) is 6.30. The third-order valence-electron chi connectivity index (χ3n) is 6.12. The van der Waals surface area contributed by atoms with Crippen LogP contribution >= 0.6 is 0 Å². The van der Waals surface area contributed by atoms with Crippen molar-refractivity contribution >= 4 is 34.6 Å². The van der Waals surface area contributed by atoms with E-state index in [0.717, 1.165) is 0 Å². The first kappa shape index (κ1) is 28.7. The molecule has 4 rings (SSSR count). The number of rotatable bonds is 11. The van der Waals surface area contributed by atoms with Crippen LogP contribution in [-0.2, 0) is 9.53 Å². The fourth-order valence-electron chi connectivity index (χ4n) is 3.96. The zero-order valence-electron chi connectivity index (χ0n) is 22.5. The lowest BCUT2D eigenvalue weighted by Crippen LogP contribution is -2.51. The fourth-order valence-corrected chi connectivity index (χ4v) is 3.96. The molecule has 0 bridgehead atoms. The average molecular weight is 561 g/mol. The van der Waals surface area contributed by atoms with E-state index in [1.165, 1.54) is 30.9 Å². The highest BCUT2D eigenvalue weighted by Gasteiger charge is 2.36. The molecule has 0 saturated carbocycles. The first-order valence-electron chi connectivity index (χ1n) is 12.4. The number of benzene rings is 2. The molecule has 212 valence electrons. The number of fused-ring (bicyclic) bond motifs is 1. The molecule has 0 aliphatic carbocycles. The SMILES string of the molecule is COC(C)(Oc1ccccc1Oc1ccc(Nc2c(C#N)cnn3cc(NC(=O)O)c(C)c23)cc1)C(=O)NCCO. The molecule has 41 heavy (non-hydrogen) atoms. The number of aryl methyl sites for hydroxylation is 1. The molecule has 4 aromatic rings. The number of ether oxygens (including phenoxy) is 3. The standard InChI is InChI=1S/C28H28N6O7/c1-17-21(33-27(37)38)16-34-25(17)24(18(14-29)15-31-34)32-19-8-10-20(11-9-19)40-22-6-4-5-7-23(22)41-28(2,39-3)26(36)30-12-13-35/h4-11,15-16,32-33,35H,12-13H2,1-3H3,(H,30,36)(H,37,38). The van der Waals surface area contributed by atoms with Gasteiger partial charge in [-0.15, -0.1) is 0 Å². The Kier molecular flexibility index (Phi) is 8.57. The summed E-state index contributed by atoms with van der Waals surface area (Å²) in [5, 5.41) is 40.1. The summed E-state index contributed by atoms with van der Waals surface area (Å²) in [6.07, 6.45) is 1.72. The quantitative estimate of drug-likeness (QED) is 0.168. The minimum atomic E-state index is -1.67. The van der Waals surface area contributed by atoms with Crippen molar-refractivity contribution in [1.82, 2.24) is 14.9 Å². The number of aliphatic hydroxyl groups excluding tert-OH is 1. The van der Waals surface area contributed by atoms with Crippen molar-refractivity contribution in [3.05, 3.63) is 72.1 Å². The zero-order valence-corrected chi connectivity index (χ0v) is 22.5. The predicted octanol–water partition coefficient (Wildman–Crippen LogP) is 3.99. The topological polar surface area (TPSA) is 179 Å². The molecule has 2 amide bonds. The van der Waals surface area contributed by atoms with E-state index in [-0.39, 0.29) is 24.5 Å². The summed E-state index contributed by atoms with van der Waals surface area (Å²) in [5.74, 6) is -1.19. The van der Waals surface area contributed by atoms with Gasteiger partial charge in [-0.05, 0) is 43.3 Å². The van der Waals surface area contributed by atoms with Crippen molar-refractivity contribution in [2.24, 2.45) is 0 Å². The van der Waals surface area contributed by atoms with Crippen LogP contribution in [0.2, 0.25) is 0 Å². The summed E-state index contributed by atoms with van der Waals surface area (Å²) < 4.78 is 18.7. The van der Waals surface area contributed by atoms with Crippen LogP contribution in [0.1, 0.15) is 18.1 Å². The van der Waals surface area contributed by atoms with Crippen LogP contribution in [0.25, 0.3) is 5.52 Å². The van der Waals surface area contributed by atoms with Gasteiger partial charge in [-0.25, -0.2) is 9.31 Å². The van der Waals surface area contributed by atoms with Crippen LogP contribution in [0.4, 0.5) is 21.9 Å². The largest absolute Gasteiger partial charge is 0.465 e. The third-order valence-corrected chi connectivity index (χ3v) is 6.12. The number of amides is 2. The number of hydrogen-bond acceptors (Lipinski definition) is 9. The van der Waals surface area contributed by atoms with Crippen molar-refractivity contribution in [3.8, 4) is 23.3 Å². The number of nitrogens with zero attached hydrogens (tertiary/aromatic N) is 3. The normalized spacial score (nSPS) is 12.2. The molecule has 0 aliphatic heterocycles. The van der Waals surface area contributed by atoms with E-state index >= 15 is 0 Å². The molecule has 1 unspecified atom stereocenters. The van der Waals surface area contributed by atoms with Gasteiger partial charge in [0, 0.05) is 31.8 Å². The first-order chi connectivity index (χ1) is 19.7. The molecule has 2 aromatic carbocycles. The Morgan fingerprint density at radius 1 is 1.15 bits per heavy atom. The summed E-state index contributed by atoms with van der Waals surface area (Å²) in [5.41, 5.74) is 2.86. The van der Waals surface area contributed by atoms with Crippen LogP contribution in [0.5, 0.6) is 17.2 Å². The number of carbonyl (C=O) groups is 2. The lowest BCUT2D eigenvalue weighted by molar-refractivity contribution is -0.179. The fraction of sp³-hybridized carbons (Fsp3) is 0.214. The molecule has 0 fully saturated rings. The number of methoxy groups -OCH3 is 1. The van der Waals surface area contributed by atoms with Crippen LogP contribution in [0, 0.1) is 18.3 Å². The van der Waals surface area contributed by atoms with Gasteiger partial charge in [0.05, 0.1) is 41.5 Å². The van der Waals surface area contributed by atoms with E-state index in [2.05, 4.69) is 27.1 Å². The molecular weight excluding hydrogens is 532 g/mol. The number of para-hydroxylation sites is 2. The maximum absolute atomic E-state index is 12.5. The van der Waals surface area contributed by atoms with E-state index in [4.69, 9.17) is 24.4 Å². The summed E-state index contributed by atoms with van der Waals surface area (Å²) in [4.78, 5) is 23.7. The molecule has 2 aromatic heterocycles. The van der Waals surface area contributed by atoms with Gasteiger partial charge in [0.15, 0.2) is 11.5 Å². The minimum Gasteiger partial charge on any atom is -0.465 e. The molecule has 0 aliphatic rings. The number of carbonyl (C=O) groups excluding carboxylic acids is 1. The highest BCUT2D eigenvalue weighted by molar-refractivity contribution is 5.92. The average Bonchev–Trinajstić information content (AvgIpc) is 3.28. The van der Waals surface area contributed by atoms with Crippen molar-refractivity contribution in [3.63, 3.8) is 0 Å². The maximum Gasteiger partial charge on any atom is 0.409 e. The first-order valence-corrected chi connectivity index (χ1v) is 12.4. The second kappa shape index (κ2) is 12.2. The molecule has 5 N–H and O–H groups in total. The molecule has 13 nitrogen and oxygen atoms in total. The van der Waals surface area contributed by atoms with E-state index in [0.29, 0.717) is 39.6 Å². The molecular formula is C28H28N6O7. The van der Waals surface area contributed by atoms with Gasteiger partial charge in [0.1, 0.15) is 11.8 Å². The van der Waals surface area contributed by atoms with E-state index < -0.39 is 17.8 Å². The molecule has 0 saturated heterocycles. The van der Waals surface area contributed by atoms with Crippen molar-refractivity contribution in [2.45, 2.75) is 19.6 Å². The van der Waals surface area contributed by atoms with Crippen LogP contribution in [0.15, 0.2) is 60.9 Å². The smallest absolute Gasteiger partial charge is 0.409 e. The second-order valence-corrected chi connectivity index (χ2v) is 8.87. The maximum atomic E-state index is 12.5. The molecule has 1 atom stereocenters. The highest BCUT2D eigenvalue weighted by atomic mass is 16.7. The molecule has 13 heteroatoms. The van der Waals surface area contributed by atoms with E-state index in [1.54, 1.807) is 55.5 Å².